The molecule has 4 nitrogen and oxygen atoms in total. The van der Waals surface area contributed by atoms with Crippen molar-refractivity contribution in [1.82, 2.24) is 0 Å². The summed E-state index contributed by atoms with van der Waals surface area (Å²) >= 11 is 5.88. The van der Waals surface area contributed by atoms with Crippen LogP contribution >= 0.6 is 11.6 Å². The summed E-state index contributed by atoms with van der Waals surface area (Å²) in [7, 11) is 0. The smallest absolute Gasteiger partial charge is 0.449 e. The SMILES string of the molecule is O=C(O)Oc1ccc(Cl)cc1Nc1ccccc1. The fourth-order valence-electron chi connectivity index (χ4n) is 1.46. The van der Waals surface area contributed by atoms with E-state index in [2.05, 4.69) is 10.1 Å². The number of nitrogens with one attached hydrogen (secondary N) is 1. The molecule has 18 heavy (non-hydrogen) atoms. The first-order valence-electron chi connectivity index (χ1n) is 5.17. The molecule has 2 aromatic carbocycles. The standard InChI is InChI=1S/C13H10ClNO3/c14-9-6-7-12(18-13(16)17)11(8-9)15-10-4-2-1-3-5-10/h1-8,15H,(H,16,17). The van der Waals surface area contributed by atoms with E-state index in [1.54, 1.807) is 12.1 Å². The first-order chi connectivity index (χ1) is 8.65. The summed E-state index contributed by atoms with van der Waals surface area (Å²) in [6, 6.07) is 14.0. The average molecular weight is 264 g/mol. The highest BCUT2D eigenvalue weighted by molar-refractivity contribution is 6.31. The van der Waals surface area contributed by atoms with Crippen molar-refractivity contribution in [1.29, 1.82) is 0 Å². The minimum atomic E-state index is -1.37. The summed E-state index contributed by atoms with van der Waals surface area (Å²) in [5.74, 6) is 0.204. The van der Waals surface area contributed by atoms with Gasteiger partial charge in [-0.2, -0.15) is 0 Å². The van der Waals surface area contributed by atoms with Gasteiger partial charge in [-0.3, -0.25) is 0 Å². The first-order valence-corrected chi connectivity index (χ1v) is 5.55. The van der Waals surface area contributed by atoms with Crippen molar-refractivity contribution < 1.29 is 14.6 Å². The van der Waals surface area contributed by atoms with E-state index in [0.717, 1.165) is 5.69 Å². The molecular weight excluding hydrogens is 254 g/mol. The van der Waals surface area contributed by atoms with Gasteiger partial charge in [-0.1, -0.05) is 29.8 Å². The molecule has 2 N–H and O–H groups in total. The number of hydrogen-bond donors (Lipinski definition) is 2. The van der Waals surface area contributed by atoms with E-state index < -0.39 is 6.16 Å². The van der Waals surface area contributed by atoms with Crippen LogP contribution in [0.3, 0.4) is 0 Å². The molecule has 0 atom stereocenters. The van der Waals surface area contributed by atoms with Crippen molar-refractivity contribution in [2.75, 3.05) is 5.32 Å². The molecule has 5 heteroatoms. The van der Waals surface area contributed by atoms with Crippen LogP contribution in [0.4, 0.5) is 16.2 Å². The second-order valence-corrected chi connectivity index (χ2v) is 3.94. The maximum absolute atomic E-state index is 10.6. The topological polar surface area (TPSA) is 58.6 Å². The van der Waals surface area contributed by atoms with Crippen LogP contribution in [0, 0.1) is 0 Å². The second kappa shape index (κ2) is 5.42. The van der Waals surface area contributed by atoms with Crippen molar-refractivity contribution in [2.45, 2.75) is 0 Å². The van der Waals surface area contributed by atoms with Crippen molar-refractivity contribution >= 4 is 29.1 Å². The Morgan fingerprint density at radius 1 is 1.17 bits per heavy atom. The monoisotopic (exact) mass is 263 g/mol. The summed E-state index contributed by atoms with van der Waals surface area (Å²) in [5.41, 5.74) is 1.31. The van der Waals surface area contributed by atoms with Gasteiger partial charge in [0.15, 0.2) is 5.75 Å². The van der Waals surface area contributed by atoms with Gasteiger partial charge in [-0.05, 0) is 30.3 Å². The number of halogens is 1. The Hall–Kier alpha value is -2.20. The zero-order valence-electron chi connectivity index (χ0n) is 9.26. The lowest BCUT2D eigenvalue weighted by Crippen LogP contribution is -2.05. The molecule has 0 aliphatic heterocycles. The molecule has 0 radical (unpaired) electrons. The molecule has 0 saturated carbocycles. The number of carbonyl (C=O) groups is 1. The third kappa shape index (κ3) is 3.15. The van der Waals surface area contributed by atoms with Crippen LogP contribution in [0.25, 0.3) is 0 Å². The van der Waals surface area contributed by atoms with Crippen LogP contribution in [0.2, 0.25) is 5.02 Å². The highest BCUT2D eigenvalue weighted by Crippen LogP contribution is 2.30. The van der Waals surface area contributed by atoms with E-state index >= 15 is 0 Å². The Labute approximate surface area is 109 Å². The van der Waals surface area contributed by atoms with E-state index in [1.165, 1.54) is 6.07 Å². The predicted octanol–water partition coefficient (Wildman–Crippen LogP) is 4.14. The van der Waals surface area contributed by atoms with Crippen LogP contribution in [0.1, 0.15) is 0 Å². The van der Waals surface area contributed by atoms with E-state index in [4.69, 9.17) is 16.7 Å². The number of anilines is 2. The molecule has 0 aromatic heterocycles. The van der Waals surface area contributed by atoms with E-state index in [1.807, 2.05) is 30.3 Å². The fourth-order valence-corrected chi connectivity index (χ4v) is 1.63. The van der Waals surface area contributed by atoms with Crippen molar-refractivity contribution in [2.24, 2.45) is 0 Å². The van der Waals surface area contributed by atoms with Gasteiger partial charge in [0.05, 0.1) is 5.69 Å². The van der Waals surface area contributed by atoms with Crippen molar-refractivity contribution in [3.05, 3.63) is 53.6 Å². The van der Waals surface area contributed by atoms with Gasteiger partial charge in [0.2, 0.25) is 0 Å². The van der Waals surface area contributed by atoms with Crippen LogP contribution in [0.15, 0.2) is 48.5 Å². The summed E-state index contributed by atoms with van der Waals surface area (Å²) in [6.45, 7) is 0. The summed E-state index contributed by atoms with van der Waals surface area (Å²) in [5, 5.41) is 12.2. The molecule has 0 heterocycles. The maximum atomic E-state index is 10.6. The van der Waals surface area contributed by atoms with Crippen LogP contribution in [0.5, 0.6) is 5.75 Å². The Morgan fingerprint density at radius 3 is 2.56 bits per heavy atom. The van der Waals surface area contributed by atoms with Crippen LogP contribution in [-0.2, 0) is 0 Å². The van der Waals surface area contributed by atoms with E-state index in [0.29, 0.717) is 10.7 Å². The number of para-hydroxylation sites is 1. The molecule has 0 aliphatic carbocycles. The average Bonchev–Trinajstić information content (AvgIpc) is 2.33. The maximum Gasteiger partial charge on any atom is 0.511 e. The predicted molar refractivity (Wildman–Crippen MR) is 69.8 cm³/mol. The molecular formula is C13H10ClNO3. The molecule has 0 spiro atoms. The van der Waals surface area contributed by atoms with Crippen molar-refractivity contribution in [3.8, 4) is 5.75 Å². The number of hydrogen-bond acceptors (Lipinski definition) is 3. The Balaban J connectivity index is 2.30. The van der Waals surface area contributed by atoms with Crippen molar-refractivity contribution in [3.63, 3.8) is 0 Å². The normalized spacial score (nSPS) is 9.83. The van der Waals surface area contributed by atoms with Gasteiger partial charge in [0, 0.05) is 10.7 Å². The lowest BCUT2D eigenvalue weighted by atomic mass is 10.2. The zero-order valence-corrected chi connectivity index (χ0v) is 10.0. The molecule has 0 fully saturated rings. The minimum Gasteiger partial charge on any atom is -0.449 e. The lowest BCUT2D eigenvalue weighted by molar-refractivity contribution is 0.144. The van der Waals surface area contributed by atoms with Crippen LogP contribution < -0.4 is 10.1 Å². The van der Waals surface area contributed by atoms with Gasteiger partial charge in [-0.15, -0.1) is 0 Å². The summed E-state index contributed by atoms with van der Waals surface area (Å²) < 4.78 is 4.67. The largest absolute Gasteiger partial charge is 0.511 e. The Morgan fingerprint density at radius 2 is 1.89 bits per heavy atom. The third-order valence-electron chi connectivity index (χ3n) is 2.19. The molecule has 0 saturated heterocycles. The molecule has 2 rings (SSSR count). The number of carboxylic acid groups (broad SMARTS) is 1. The van der Waals surface area contributed by atoms with Gasteiger partial charge in [0.1, 0.15) is 0 Å². The van der Waals surface area contributed by atoms with Gasteiger partial charge >= 0.3 is 6.16 Å². The Kier molecular flexibility index (Phi) is 3.69. The highest BCUT2D eigenvalue weighted by atomic mass is 35.5. The second-order valence-electron chi connectivity index (χ2n) is 3.50. The summed E-state index contributed by atoms with van der Waals surface area (Å²) in [4.78, 5) is 10.6. The van der Waals surface area contributed by atoms with Gasteiger partial charge in [0.25, 0.3) is 0 Å². The van der Waals surface area contributed by atoms with Crippen LogP contribution in [-0.4, -0.2) is 11.3 Å². The number of rotatable bonds is 3. The molecule has 0 unspecified atom stereocenters. The Bertz CT molecular complexity index is 557. The summed E-state index contributed by atoms with van der Waals surface area (Å²) in [6.07, 6.45) is -1.37. The van der Waals surface area contributed by atoms with Gasteiger partial charge in [-0.25, -0.2) is 4.79 Å². The highest BCUT2D eigenvalue weighted by Gasteiger charge is 2.08. The third-order valence-corrected chi connectivity index (χ3v) is 2.43. The number of benzene rings is 2. The lowest BCUT2D eigenvalue weighted by Gasteiger charge is -2.11. The zero-order chi connectivity index (χ0) is 13.0. The molecule has 0 bridgehead atoms. The van der Waals surface area contributed by atoms with Gasteiger partial charge < -0.3 is 15.2 Å². The minimum absolute atomic E-state index is 0.204. The number of ether oxygens (including phenoxy) is 1. The fraction of sp³-hybridized carbons (Fsp3) is 0. The molecule has 0 amide bonds. The molecule has 92 valence electrons. The first kappa shape index (κ1) is 12.3. The van der Waals surface area contributed by atoms with E-state index in [9.17, 15) is 4.79 Å². The molecule has 2 aromatic rings. The quantitative estimate of drug-likeness (QED) is 0.645. The molecule has 0 aliphatic rings. The van der Waals surface area contributed by atoms with E-state index in [-0.39, 0.29) is 5.75 Å².